The predicted molar refractivity (Wildman–Crippen MR) is 36.6 cm³/mol. The summed E-state index contributed by atoms with van der Waals surface area (Å²) in [6, 6.07) is 0. The number of rotatable bonds is 2. The third kappa shape index (κ3) is 3.13. The van der Waals surface area contributed by atoms with Crippen LogP contribution in [0.2, 0.25) is 0 Å². The van der Waals surface area contributed by atoms with Gasteiger partial charge in [0.1, 0.15) is 0 Å². The van der Waals surface area contributed by atoms with E-state index in [4.69, 9.17) is 11.6 Å². The molecule has 0 unspecified atom stereocenters. The molecule has 0 N–H and O–H groups in total. The van der Waals surface area contributed by atoms with Crippen molar-refractivity contribution in [2.45, 2.75) is 13.1 Å². The van der Waals surface area contributed by atoms with E-state index in [1.165, 1.54) is 6.92 Å². The maximum absolute atomic E-state index is 11.8. The summed E-state index contributed by atoms with van der Waals surface area (Å²) in [4.78, 5) is 10.5. The quantitative estimate of drug-likeness (QED) is 0.507. The van der Waals surface area contributed by atoms with Crippen LogP contribution in [0.3, 0.4) is 0 Å². The average Bonchev–Trinajstić information content (AvgIpc) is 1.85. The molecule has 0 aromatic heterocycles. The van der Waals surface area contributed by atoms with Gasteiger partial charge < -0.3 is 4.74 Å². The number of ether oxygens (including phenoxy) is 1. The molecule has 0 heterocycles. The topological polar surface area (TPSA) is 26.3 Å². The van der Waals surface area contributed by atoms with E-state index in [9.17, 15) is 18.0 Å². The van der Waals surface area contributed by atoms with E-state index >= 15 is 0 Å². The van der Waals surface area contributed by atoms with Crippen LogP contribution in [-0.4, -0.2) is 18.8 Å². The number of hydrogen-bond donors (Lipinski definition) is 0. The molecule has 0 fully saturated rings. The number of carbonyl (C=O) groups excluding carboxylic acids is 1. The minimum absolute atomic E-state index is 0.122. The lowest BCUT2D eigenvalue weighted by molar-refractivity contribution is -0.150. The van der Waals surface area contributed by atoms with Crippen LogP contribution in [0.25, 0.3) is 0 Å². The smallest absolute Gasteiger partial charge is 0.424 e. The zero-order chi connectivity index (χ0) is 9.78. The Morgan fingerprint density at radius 1 is 1.58 bits per heavy atom. The monoisotopic (exact) mass is 202 g/mol. The molecule has 0 atom stereocenters. The van der Waals surface area contributed by atoms with Crippen molar-refractivity contribution in [3.63, 3.8) is 0 Å². The fourth-order valence-corrected chi connectivity index (χ4v) is 0.644. The Morgan fingerprint density at radius 2 is 2.08 bits per heavy atom. The fraction of sp³-hybridized carbons (Fsp3) is 0.500. The van der Waals surface area contributed by atoms with Crippen LogP contribution in [-0.2, 0) is 9.53 Å². The Morgan fingerprint density at radius 3 is 2.33 bits per heavy atom. The standard InChI is InChI=1S/C6H6ClF3O2/c1-2-12-5(11)4(3-7)6(8,9)10/h3H,2H2,1H3. The van der Waals surface area contributed by atoms with Crippen molar-refractivity contribution in [3.8, 4) is 0 Å². The highest BCUT2D eigenvalue weighted by molar-refractivity contribution is 6.27. The molecule has 0 amide bonds. The van der Waals surface area contributed by atoms with E-state index in [1.54, 1.807) is 0 Å². The number of carbonyl (C=O) groups is 1. The van der Waals surface area contributed by atoms with Crippen molar-refractivity contribution in [3.05, 3.63) is 11.1 Å². The van der Waals surface area contributed by atoms with Gasteiger partial charge in [-0.2, -0.15) is 13.2 Å². The van der Waals surface area contributed by atoms with Gasteiger partial charge >= 0.3 is 12.1 Å². The van der Waals surface area contributed by atoms with Crippen molar-refractivity contribution in [2.75, 3.05) is 6.61 Å². The highest BCUT2D eigenvalue weighted by atomic mass is 35.5. The first-order chi connectivity index (χ1) is 5.43. The molecule has 6 heteroatoms. The molecule has 0 spiro atoms. The molecule has 0 bridgehead atoms. The highest BCUT2D eigenvalue weighted by Gasteiger charge is 2.39. The van der Waals surface area contributed by atoms with Crippen LogP contribution in [0.1, 0.15) is 6.92 Å². The fourth-order valence-electron chi connectivity index (χ4n) is 0.431. The summed E-state index contributed by atoms with van der Waals surface area (Å²) in [7, 11) is 0. The molecule has 2 nitrogen and oxygen atoms in total. The minimum Gasteiger partial charge on any atom is -0.462 e. The summed E-state index contributed by atoms with van der Waals surface area (Å²) in [5.41, 5.74) is -1.33. The number of alkyl halides is 3. The van der Waals surface area contributed by atoms with Crippen molar-refractivity contribution in [1.82, 2.24) is 0 Å². The van der Waals surface area contributed by atoms with E-state index in [0.29, 0.717) is 0 Å². The summed E-state index contributed by atoms with van der Waals surface area (Å²) in [6.07, 6.45) is -4.76. The largest absolute Gasteiger partial charge is 0.462 e. The summed E-state index contributed by atoms with van der Waals surface area (Å²) in [6.45, 7) is 1.28. The van der Waals surface area contributed by atoms with Crippen LogP contribution in [0.15, 0.2) is 11.1 Å². The first-order valence-electron chi connectivity index (χ1n) is 2.98. The second-order valence-corrected chi connectivity index (χ2v) is 1.96. The highest BCUT2D eigenvalue weighted by Crippen LogP contribution is 2.26. The van der Waals surface area contributed by atoms with Crippen LogP contribution >= 0.6 is 11.6 Å². The van der Waals surface area contributed by atoms with Crippen LogP contribution in [0, 0.1) is 0 Å². The molecule has 70 valence electrons. The Labute approximate surface area is 71.9 Å². The Kier molecular flexibility index (Phi) is 4.09. The Bertz CT molecular complexity index is 197. The zero-order valence-corrected chi connectivity index (χ0v) is 6.87. The predicted octanol–water partition coefficient (Wildman–Crippen LogP) is 2.23. The van der Waals surface area contributed by atoms with Gasteiger partial charge in [0.05, 0.1) is 6.61 Å². The van der Waals surface area contributed by atoms with E-state index in [-0.39, 0.29) is 12.1 Å². The average molecular weight is 203 g/mol. The molecular weight excluding hydrogens is 197 g/mol. The number of halogens is 4. The first kappa shape index (κ1) is 11.3. The zero-order valence-electron chi connectivity index (χ0n) is 6.11. The maximum Gasteiger partial charge on any atom is 0.424 e. The lowest BCUT2D eigenvalue weighted by Gasteiger charge is -2.08. The van der Waals surface area contributed by atoms with Crippen LogP contribution in [0.5, 0.6) is 0 Å². The lowest BCUT2D eigenvalue weighted by Crippen LogP contribution is -2.21. The molecule has 0 aliphatic carbocycles. The normalized spacial score (nSPS) is 12.9. The van der Waals surface area contributed by atoms with E-state index in [0.717, 1.165) is 0 Å². The van der Waals surface area contributed by atoms with E-state index in [2.05, 4.69) is 4.74 Å². The summed E-state index contributed by atoms with van der Waals surface area (Å²) in [5, 5.41) is 0. The minimum atomic E-state index is -4.76. The molecule has 0 aromatic carbocycles. The van der Waals surface area contributed by atoms with Crippen LogP contribution < -0.4 is 0 Å². The number of hydrogen-bond acceptors (Lipinski definition) is 2. The van der Waals surface area contributed by atoms with Gasteiger partial charge in [-0.1, -0.05) is 11.6 Å². The molecule has 0 rings (SSSR count). The van der Waals surface area contributed by atoms with Gasteiger partial charge in [0.2, 0.25) is 0 Å². The summed E-state index contributed by atoms with van der Waals surface area (Å²) >= 11 is 4.80. The van der Waals surface area contributed by atoms with E-state index < -0.39 is 17.7 Å². The first-order valence-corrected chi connectivity index (χ1v) is 3.41. The Balaban J connectivity index is 4.49. The lowest BCUT2D eigenvalue weighted by atomic mass is 10.3. The van der Waals surface area contributed by atoms with Gasteiger partial charge in [0.25, 0.3) is 0 Å². The van der Waals surface area contributed by atoms with Gasteiger partial charge in [0.15, 0.2) is 5.57 Å². The van der Waals surface area contributed by atoms with Crippen LogP contribution in [0.4, 0.5) is 13.2 Å². The molecular formula is C6H6ClF3O2. The SMILES string of the molecule is CCOC(=O)C(=CCl)C(F)(F)F. The van der Waals surface area contributed by atoms with Gasteiger partial charge in [-0.3, -0.25) is 0 Å². The molecule has 0 aromatic rings. The Hall–Kier alpha value is -0.710. The summed E-state index contributed by atoms with van der Waals surface area (Å²) in [5.74, 6) is -1.46. The van der Waals surface area contributed by atoms with Gasteiger partial charge in [-0.15, -0.1) is 0 Å². The van der Waals surface area contributed by atoms with E-state index in [1.807, 2.05) is 0 Å². The maximum atomic E-state index is 11.8. The van der Waals surface area contributed by atoms with Gasteiger partial charge in [0, 0.05) is 5.54 Å². The molecule has 0 aliphatic rings. The second-order valence-electron chi connectivity index (χ2n) is 1.74. The summed E-state index contributed by atoms with van der Waals surface area (Å²) < 4.78 is 39.6. The van der Waals surface area contributed by atoms with Crippen molar-refractivity contribution < 1.29 is 22.7 Å². The number of esters is 1. The van der Waals surface area contributed by atoms with Gasteiger partial charge in [-0.25, -0.2) is 4.79 Å². The van der Waals surface area contributed by atoms with Crippen molar-refractivity contribution in [2.24, 2.45) is 0 Å². The molecule has 0 saturated heterocycles. The molecule has 12 heavy (non-hydrogen) atoms. The third-order valence-electron chi connectivity index (χ3n) is 0.910. The second kappa shape index (κ2) is 4.35. The molecule has 0 saturated carbocycles. The van der Waals surface area contributed by atoms with Gasteiger partial charge in [-0.05, 0) is 6.92 Å². The van der Waals surface area contributed by atoms with Crippen molar-refractivity contribution in [1.29, 1.82) is 0 Å². The third-order valence-corrected chi connectivity index (χ3v) is 1.13. The molecule has 0 radical (unpaired) electrons. The van der Waals surface area contributed by atoms with Crippen molar-refractivity contribution >= 4 is 17.6 Å². The molecule has 0 aliphatic heterocycles.